The average Bonchev–Trinajstić information content (AvgIpc) is 2.90. The molecule has 0 saturated heterocycles. The number of amides is 1. The van der Waals surface area contributed by atoms with Crippen molar-refractivity contribution in [1.82, 2.24) is 5.32 Å². The number of carbonyl (C=O) groups is 1. The van der Waals surface area contributed by atoms with Gasteiger partial charge in [0.1, 0.15) is 0 Å². The Bertz CT molecular complexity index is 536. The van der Waals surface area contributed by atoms with Crippen LogP contribution >= 0.6 is 11.3 Å². The van der Waals surface area contributed by atoms with Gasteiger partial charge in [-0.05, 0) is 18.1 Å². The van der Waals surface area contributed by atoms with Gasteiger partial charge in [-0.2, -0.15) is 0 Å². The van der Waals surface area contributed by atoms with Crippen molar-refractivity contribution in [2.24, 2.45) is 5.73 Å². The van der Waals surface area contributed by atoms with E-state index in [1.807, 2.05) is 17.5 Å². The summed E-state index contributed by atoms with van der Waals surface area (Å²) in [7, 11) is 0. The summed E-state index contributed by atoms with van der Waals surface area (Å²) >= 11 is 1.56. The Morgan fingerprint density at radius 1 is 1.37 bits per heavy atom. The third-order valence-corrected chi connectivity index (χ3v) is 4.01. The highest BCUT2D eigenvalue weighted by molar-refractivity contribution is 7.10. The van der Waals surface area contributed by atoms with E-state index in [-0.39, 0.29) is 5.91 Å². The Labute approximate surface area is 117 Å². The van der Waals surface area contributed by atoms with Gasteiger partial charge in [0, 0.05) is 22.8 Å². The molecule has 0 saturated carbocycles. The van der Waals surface area contributed by atoms with Gasteiger partial charge in [-0.15, -0.1) is 11.3 Å². The van der Waals surface area contributed by atoms with Crippen LogP contribution in [0.4, 0.5) is 0 Å². The first-order valence-corrected chi connectivity index (χ1v) is 7.24. The number of benzene rings is 1. The first kappa shape index (κ1) is 13.8. The standard InChI is InChI=1S/C15H18N2OS/c1-2-14(11-6-4-3-5-7-11)17-9-13-8-12(10-19-13)15(16)18/h3-8,10,14,17H,2,9H2,1H3,(H2,16,18). The molecule has 2 rings (SSSR count). The van der Waals surface area contributed by atoms with Crippen LogP contribution in [0, 0.1) is 0 Å². The minimum Gasteiger partial charge on any atom is -0.366 e. The molecule has 0 aliphatic carbocycles. The van der Waals surface area contributed by atoms with E-state index in [1.54, 1.807) is 11.3 Å². The van der Waals surface area contributed by atoms with Crippen molar-refractivity contribution < 1.29 is 4.79 Å². The zero-order chi connectivity index (χ0) is 13.7. The van der Waals surface area contributed by atoms with Gasteiger partial charge in [0.15, 0.2) is 0 Å². The van der Waals surface area contributed by atoms with Crippen LogP contribution < -0.4 is 11.1 Å². The lowest BCUT2D eigenvalue weighted by atomic mass is 10.0. The fourth-order valence-electron chi connectivity index (χ4n) is 2.01. The monoisotopic (exact) mass is 274 g/mol. The third-order valence-electron chi connectivity index (χ3n) is 3.07. The SMILES string of the molecule is CCC(NCc1cc(C(N)=O)cs1)c1ccccc1. The summed E-state index contributed by atoms with van der Waals surface area (Å²) in [5.74, 6) is -0.363. The normalized spacial score (nSPS) is 12.3. The van der Waals surface area contributed by atoms with Crippen LogP contribution in [0.5, 0.6) is 0 Å². The molecular weight excluding hydrogens is 256 g/mol. The van der Waals surface area contributed by atoms with E-state index in [4.69, 9.17) is 5.73 Å². The molecule has 1 amide bonds. The van der Waals surface area contributed by atoms with E-state index >= 15 is 0 Å². The molecule has 0 aliphatic heterocycles. The van der Waals surface area contributed by atoms with Gasteiger partial charge in [-0.25, -0.2) is 0 Å². The molecule has 2 aromatic rings. The lowest BCUT2D eigenvalue weighted by Gasteiger charge is -2.16. The predicted molar refractivity (Wildman–Crippen MR) is 79.2 cm³/mol. The highest BCUT2D eigenvalue weighted by Gasteiger charge is 2.09. The second-order valence-corrected chi connectivity index (χ2v) is 5.41. The molecule has 0 aliphatic rings. The number of nitrogens with one attached hydrogen (secondary N) is 1. The summed E-state index contributed by atoms with van der Waals surface area (Å²) in [6.07, 6.45) is 1.03. The van der Waals surface area contributed by atoms with Crippen LogP contribution in [-0.2, 0) is 6.54 Å². The van der Waals surface area contributed by atoms with Gasteiger partial charge in [0.25, 0.3) is 0 Å². The maximum atomic E-state index is 11.0. The highest BCUT2D eigenvalue weighted by atomic mass is 32.1. The van der Waals surface area contributed by atoms with Gasteiger partial charge in [0.05, 0.1) is 5.56 Å². The van der Waals surface area contributed by atoms with Crippen molar-refractivity contribution >= 4 is 17.2 Å². The summed E-state index contributed by atoms with van der Waals surface area (Å²) in [5, 5.41) is 5.32. The minimum atomic E-state index is -0.363. The summed E-state index contributed by atoms with van der Waals surface area (Å²) < 4.78 is 0. The fraction of sp³-hybridized carbons (Fsp3) is 0.267. The number of rotatable bonds is 6. The van der Waals surface area contributed by atoms with E-state index < -0.39 is 0 Å². The van der Waals surface area contributed by atoms with Gasteiger partial charge < -0.3 is 11.1 Å². The number of nitrogens with two attached hydrogens (primary N) is 1. The van der Waals surface area contributed by atoms with E-state index in [1.165, 1.54) is 5.56 Å². The molecule has 1 unspecified atom stereocenters. The van der Waals surface area contributed by atoms with Crippen molar-refractivity contribution in [3.63, 3.8) is 0 Å². The highest BCUT2D eigenvalue weighted by Crippen LogP contribution is 2.19. The largest absolute Gasteiger partial charge is 0.366 e. The number of thiophene rings is 1. The molecule has 4 heteroatoms. The maximum Gasteiger partial charge on any atom is 0.249 e. The van der Waals surface area contributed by atoms with Crippen molar-refractivity contribution in [1.29, 1.82) is 0 Å². The second-order valence-electron chi connectivity index (χ2n) is 4.42. The Morgan fingerprint density at radius 2 is 2.11 bits per heavy atom. The summed E-state index contributed by atoms with van der Waals surface area (Å²) in [4.78, 5) is 12.2. The lowest BCUT2D eigenvalue weighted by molar-refractivity contribution is 0.100. The Balaban J connectivity index is 1.98. The molecule has 1 heterocycles. The zero-order valence-electron chi connectivity index (χ0n) is 10.9. The lowest BCUT2D eigenvalue weighted by Crippen LogP contribution is -2.19. The van der Waals surface area contributed by atoms with Crippen molar-refractivity contribution in [3.05, 3.63) is 57.8 Å². The number of carbonyl (C=O) groups excluding carboxylic acids is 1. The maximum absolute atomic E-state index is 11.0. The van der Waals surface area contributed by atoms with E-state index in [0.29, 0.717) is 11.6 Å². The third kappa shape index (κ3) is 3.66. The van der Waals surface area contributed by atoms with E-state index in [2.05, 4.69) is 36.5 Å². The predicted octanol–water partition coefficient (Wildman–Crippen LogP) is 3.09. The topological polar surface area (TPSA) is 55.1 Å². The molecule has 0 spiro atoms. The van der Waals surface area contributed by atoms with Crippen molar-refractivity contribution in [3.8, 4) is 0 Å². The second kappa shape index (κ2) is 6.50. The van der Waals surface area contributed by atoms with Gasteiger partial charge in [0.2, 0.25) is 5.91 Å². The van der Waals surface area contributed by atoms with Crippen molar-refractivity contribution in [2.45, 2.75) is 25.9 Å². The molecule has 3 nitrogen and oxygen atoms in total. The van der Waals surface area contributed by atoms with Crippen molar-refractivity contribution in [2.75, 3.05) is 0 Å². The summed E-state index contributed by atoms with van der Waals surface area (Å²) in [6.45, 7) is 2.92. The number of hydrogen-bond donors (Lipinski definition) is 2. The Morgan fingerprint density at radius 3 is 2.68 bits per heavy atom. The van der Waals surface area contributed by atoms with E-state index in [0.717, 1.165) is 17.8 Å². The zero-order valence-corrected chi connectivity index (χ0v) is 11.7. The van der Waals surface area contributed by atoms with Crippen LogP contribution in [-0.4, -0.2) is 5.91 Å². The molecule has 0 fully saturated rings. The van der Waals surface area contributed by atoms with Crippen LogP contribution in [0.2, 0.25) is 0 Å². The number of primary amides is 1. The molecular formula is C15H18N2OS. The van der Waals surface area contributed by atoms with Gasteiger partial charge >= 0.3 is 0 Å². The molecule has 1 aromatic heterocycles. The fourth-order valence-corrected chi connectivity index (χ4v) is 2.83. The molecule has 3 N–H and O–H groups in total. The summed E-state index contributed by atoms with van der Waals surface area (Å²) in [6, 6.07) is 12.6. The molecule has 0 bridgehead atoms. The van der Waals surface area contributed by atoms with Gasteiger partial charge in [-0.3, -0.25) is 4.79 Å². The van der Waals surface area contributed by atoms with Crippen LogP contribution in [0.15, 0.2) is 41.8 Å². The smallest absolute Gasteiger partial charge is 0.249 e. The van der Waals surface area contributed by atoms with E-state index in [9.17, 15) is 4.79 Å². The van der Waals surface area contributed by atoms with Crippen LogP contribution in [0.25, 0.3) is 0 Å². The van der Waals surface area contributed by atoms with Gasteiger partial charge in [-0.1, -0.05) is 37.3 Å². The molecule has 0 radical (unpaired) electrons. The average molecular weight is 274 g/mol. The Hall–Kier alpha value is -1.65. The van der Waals surface area contributed by atoms with Crippen LogP contribution in [0.1, 0.15) is 40.2 Å². The Kier molecular flexibility index (Phi) is 4.71. The molecule has 1 aromatic carbocycles. The first-order chi connectivity index (χ1) is 9.20. The first-order valence-electron chi connectivity index (χ1n) is 6.36. The molecule has 100 valence electrons. The minimum absolute atomic E-state index is 0.334. The summed E-state index contributed by atoms with van der Waals surface area (Å²) in [5.41, 5.74) is 7.13. The quantitative estimate of drug-likeness (QED) is 0.850. The number of hydrogen-bond acceptors (Lipinski definition) is 3. The molecule has 19 heavy (non-hydrogen) atoms. The molecule has 1 atom stereocenters. The van der Waals surface area contributed by atoms with Crippen LogP contribution in [0.3, 0.4) is 0 Å².